The number of nitrogens with zero attached hydrogens (tertiary/aromatic N) is 2. The van der Waals surface area contributed by atoms with E-state index in [0.29, 0.717) is 0 Å². The molecule has 3 aliphatic rings. The van der Waals surface area contributed by atoms with Crippen LogP contribution in [0.4, 0.5) is 0 Å². The van der Waals surface area contributed by atoms with E-state index in [1.165, 1.54) is 64.8 Å². The maximum absolute atomic E-state index is 5.66. The van der Waals surface area contributed by atoms with Gasteiger partial charge in [0.2, 0.25) is 0 Å². The average Bonchev–Trinajstić information content (AvgIpc) is 2.89. The number of hydrogen-bond donors (Lipinski definition) is 0. The van der Waals surface area contributed by atoms with Crippen LogP contribution in [0.15, 0.2) is 24.3 Å². The topological polar surface area (TPSA) is 15.7 Å². The van der Waals surface area contributed by atoms with Crippen LogP contribution >= 0.6 is 0 Å². The molecule has 2 fully saturated rings. The first-order valence-corrected chi connectivity index (χ1v) is 9.49. The Morgan fingerprint density at radius 2 is 1.78 bits per heavy atom. The fraction of sp³-hybridized carbons (Fsp3) is 0.700. The first-order valence-electron chi connectivity index (χ1n) is 9.49. The van der Waals surface area contributed by atoms with Crippen molar-refractivity contribution in [2.75, 3.05) is 45.9 Å². The largest absolute Gasteiger partial charge is 0.381 e. The predicted molar refractivity (Wildman–Crippen MR) is 93.8 cm³/mol. The molecule has 4 rings (SSSR count). The van der Waals surface area contributed by atoms with Crippen molar-refractivity contribution in [2.24, 2.45) is 5.92 Å². The van der Waals surface area contributed by atoms with Gasteiger partial charge in [0.15, 0.2) is 0 Å². The summed E-state index contributed by atoms with van der Waals surface area (Å²) < 4.78 is 5.66. The molecule has 3 nitrogen and oxygen atoms in total. The van der Waals surface area contributed by atoms with E-state index in [1.807, 2.05) is 0 Å². The van der Waals surface area contributed by atoms with Gasteiger partial charge in [0.05, 0.1) is 6.61 Å². The molecule has 0 aromatic heterocycles. The van der Waals surface area contributed by atoms with Crippen molar-refractivity contribution in [3.05, 3.63) is 35.4 Å². The summed E-state index contributed by atoms with van der Waals surface area (Å²) >= 11 is 0. The second-order valence-corrected chi connectivity index (χ2v) is 7.60. The molecule has 0 amide bonds. The lowest BCUT2D eigenvalue weighted by Gasteiger charge is -2.30. The van der Waals surface area contributed by atoms with E-state index in [9.17, 15) is 0 Å². The summed E-state index contributed by atoms with van der Waals surface area (Å²) in [6.07, 6.45) is 6.45. The quantitative estimate of drug-likeness (QED) is 0.853. The number of hydrogen-bond acceptors (Lipinski definition) is 3. The molecule has 2 saturated heterocycles. The Morgan fingerprint density at radius 3 is 2.52 bits per heavy atom. The molecule has 2 heterocycles. The summed E-state index contributed by atoms with van der Waals surface area (Å²) in [6.45, 7) is 8.24. The number of rotatable bonds is 3. The van der Waals surface area contributed by atoms with E-state index in [4.69, 9.17) is 4.74 Å². The van der Waals surface area contributed by atoms with Crippen LogP contribution in [0.3, 0.4) is 0 Å². The Bertz CT molecular complexity index is 487. The molecule has 1 aliphatic carbocycles. The molecule has 0 radical (unpaired) electrons. The molecule has 1 aromatic carbocycles. The van der Waals surface area contributed by atoms with Crippen molar-refractivity contribution < 1.29 is 4.74 Å². The van der Waals surface area contributed by atoms with Crippen molar-refractivity contribution in [1.82, 2.24) is 9.80 Å². The summed E-state index contributed by atoms with van der Waals surface area (Å²) in [5.74, 6) is 0.769. The summed E-state index contributed by atoms with van der Waals surface area (Å²) in [4.78, 5) is 5.46. The molecule has 126 valence electrons. The van der Waals surface area contributed by atoms with E-state index >= 15 is 0 Å². The monoisotopic (exact) mass is 314 g/mol. The average molecular weight is 314 g/mol. The first kappa shape index (κ1) is 15.6. The molecular weight excluding hydrogens is 284 g/mol. The molecule has 0 N–H and O–H groups in total. The fourth-order valence-corrected chi connectivity index (χ4v) is 4.65. The van der Waals surface area contributed by atoms with E-state index in [-0.39, 0.29) is 0 Å². The SMILES string of the molecule is c1ccc2c(c1)CC(N1CCCN(C[C@H]3CCCOC3)CC1)C2. The van der Waals surface area contributed by atoms with E-state index in [0.717, 1.165) is 25.2 Å². The molecule has 1 aromatic rings. The third-order valence-corrected chi connectivity index (χ3v) is 5.94. The van der Waals surface area contributed by atoms with Gasteiger partial charge in [0.1, 0.15) is 0 Å². The Hall–Kier alpha value is -0.900. The lowest BCUT2D eigenvalue weighted by Crippen LogP contribution is -2.40. The summed E-state index contributed by atoms with van der Waals surface area (Å²) in [6, 6.07) is 9.77. The first-order chi connectivity index (χ1) is 11.4. The maximum atomic E-state index is 5.66. The highest BCUT2D eigenvalue weighted by Crippen LogP contribution is 2.26. The standard InChI is InChI=1S/C20H30N2O/c1-2-7-19-14-20(13-18(19)6-1)22-9-4-8-21(10-11-22)15-17-5-3-12-23-16-17/h1-2,6-7,17,20H,3-5,8-16H2/t17-/m1/s1. The van der Waals surface area contributed by atoms with Crippen molar-refractivity contribution in [2.45, 2.75) is 38.1 Å². The molecule has 23 heavy (non-hydrogen) atoms. The highest BCUT2D eigenvalue weighted by atomic mass is 16.5. The molecule has 0 unspecified atom stereocenters. The second-order valence-electron chi connectivity index (χ2n) is 7.60. The molecule has 2 aliphatic heterocycles. The van der Waals surface area contributed by atoms with Gasteiger partial charge in [-0.05, 0) is 62.2 Å². The van der Waals surface area contributed by atoms with Crippen LogP contribution in [0.1, 0.15) is 30.4 Å². The predicted octanol–water partition coefficient (Wildman–Crippen LogP) is 2.59. The van der Waals surface area contributed by atoms with Crippen molar-refractivity contribution in [1.29, 1.82) is 0 Å². The molecule has 0 bridgehead atoms. The normalized spacial score (nSPS) is 27.7. The number of fused-ring (bicyclic) bond motifs is 1. The van der Waals surface area contributed by atoms with Crippen molar-refractivity contribution in [3.63, 3.8) is 0 Å². The highest BCUT2D eigenvalue weighted by Gasteiger charge is 2.28. The minimum atomic E-state index is 0.741. The fourth-order valence-electron chi connectivity index (χ4n) is 4.65. The molecule has 1 atom stereocenters. The molecular formula is C20H30N2O. The Morgan fingerprint density at radius 1 is 0.957 bits per heavy atom. The minimum Gasteiger partial charge on any atom is -0.381 e. The van der Waals surface area contributed by atoms with E-state index < -0.39 is 0 Å². The Balaban J connectivity index is 1.30. The van der Waals surface area contributed by atoms with E-state index in [2.05, 4.69) is 34.1 Å². The van der Waals surface area contributed by atoms with Gasteiger partial charge in [-0.1, -0.05) is 24.3 Å². The lowest BCUT2D eigenvalue weighted by atomic mass is 10.0. The number of ether oxygens (including phenoxy) is 1. The van der Waals surface area contributed by atoms with Crippen molar-refractivity contribution >= 4 is 0 Å². The van der Waals surface area contributed by atoms with Gasteiger partial charge in [-0.25, -0.2) is 0 Å². The second kappa shape index (κ2) is 7.33. The molecule has 3 heteroatoms. The van der Waals surface area contributed by atoms with Gasteiger partial charge in [0.25, 0.3) is 0 Å². The maximum Gasteiger partial charge on any atom is 0.0506 e. The van der Waals surface area contributed by atoms with Crippen molar-refractivity contribution in [3.8, 4) is 0 Å². The van der Waals surface area contributed by atoms with Crippen LogP contribution in [-0.4, -0.2) is 61.8 Å². The van der Waals surface area contributed by atoms with Gasteiger partial charge >= 0.3 is 0 Å². The summed E-state index contributed by atoms with van der Waals surface area (Å²) in [7, 11) is 0. The summed E-state index contributed by atoms with van der Waals surface area (Å²) in [5, 5.41) is 0. The third kappa shape index (κ3) is 3.78. The number of benzene rings is 1. The Labute approximate surface area is 140 Å². The highest BCUT2D eigenvalue weighted by molar-refractivity contribution is 5.33. The van der Waals surface area contributed by atoms with Gasteiger partial charge in [0, 0.05) is 32.3 Å². The van der Waals surface area contributed by atoms with Crippen LogP contribution in [0.5, 0.6) is 0 Å². The van der Waals surface area contributed by atoms with Gasteiger partial charge in [-0.2, -0.15) is 0 Å². The van der Waals surface area contributed by atoms with Gasteiger partial charge < -0.3 is 9.64 Å². The van der Waals surface area contributed by atoms with Crippen LogP contribution in [0.2, 0.25) is 0 Å². The summed E-state index contributed by atoms with van der Waals surface area (Å²) in [5.41, 5.74) is 3.16. The van der Waals surface area contributed by atoms with Crippen LogP contribution in [0.25, 0.3) is 0 Å². The van der Waals surface area contributed by atoms with Crippen LogP contribution < -0.4 is 0 Å². The van der Waals surface area contributed by atoms with Crippen LogP contribution in [0, 0.1) is 5.92 Å². The lowest BCUT2D eigenvalue weighted by molar-refractivity contribution is 0.0388. The third-order valence-electron chi connectivity index (χ3n) is 5.94. The minimum absolute atomic E-state index is 0.741. The smallest absolute Gasteiger partial charge is 0.0506 e. The van der Waals surface area contributed by atoms with Crippen LogP contribution in [-0.2, 0) is 17.6 Å². The molecule has 0 spiro atoms. The van der Waals surface area contributed by atoms with Gasteiger partial charge in [-0.15, -0.1) is 0 Å². The van der Waals surface area contributed by atoms with E-state index in [1.54, 1.807) is 11.1 Å². The zero-order chi connectivity index (χ0) is 15.5. The Kier molecular flexibility index (Phi) is 4.98. The van der Waals surface area contributed by atoms with Gasteiger partial charge in [-0.3, -0.25) is 4.90 Å². The molecule has 0 saturated carbocycles. The zero-order valence-corrected chi connectivity index (χ0v) is 14.3. The zero-order valence-electron chi connectivity index (χ0n) is 14.3.